The number of benzene rings is 1. The van der Waals surface area contributed by atoms with E-state index in [9.17, 15) is 10.1 Å². The summed E-state index contributed by atoms with van der Waals surface area (Å²) in [6, 6.07) is 6.69. The van der Waals surface area contributed by atoms with Crippen LogP contribution in [0.25, 0.3) is 0 Å². The maximum Gasteiger partial charge on any atom is 0.280 e. The quantitative estimate of drug-likeness (QED) is 0.540. The monoisotopic (exact) mass is 205 g/mol. The lowest BCUT2D eigenvalue weighted by Gasteiger charge is -2.13. The number of nitro benzene ring substituents is 1. The minimum absolute atomic E-state index is 0.116. The van der Waals surface area contributed by atoms with Gasteiger partial charge >= 0.3 is 0 Å². The molecule has 0 N–H and O–H groups in total. The first-order chi connectivity index (χ1) is 7.20. The van der Waals surface area contributed by atoms with E-state index >= 15 is 0 Å². The van der Waals surface area contributed by atoms with Crippen molar-refractivity contribution in [3.8, 4) is 0 Å². The molecule has 78 valence electrons. The van der Waals surface area contributed by atoms with Crippen LogP contribution in [-0.2, 0) is 0 Å². The van der Waals surface area contributed by atoms with Gasteiger partial charge in [0, 0.05) is 19.7 Å². The molecule has 1 aromatic rings. The summed E-state index contributed by atoms with van der Waals surface area (Å²) >= 11 is 0. The second-order valence-corrected chi connectivity index (χ2v) is 3.40. The second-order valence-electron chi connectivity index (χ2n) is 3.40. The minimum atomic E-state index is -0.371. The molecule has 1 heterocycles. The number of para-hydroxylation sites is 1. The average Bonchev–Trinajstić information content (AvgIpc) is 2.64. The summed E-state index contributed by atoms with van der Waals surface area (Å²) in [6.07, 6.45) is 0. The van der Waals surface area contributed by atoms with Gasteiger partial charge in [-0.3, -0.25) is 15.1 Å². The van der Waals surface area contributed by atoms with Gasteiger partial charge in [-0.25, -0.2) is 0 Å². The predicted octanol–water partition coefficient (Wildman–Crippen LogP) is 1.29. The van der Waals surface area contributed by atoms with Crippen LogP contribution in [0.1, 0.15) is 5.56 Å². The second kappa shape index (κ2) is 3.68. The number of rotatable bonds is 2. The molecule has 0 aliphatic carbocycles. The molecular formula is C10H11N3O2. The van der Waals surface area contributed by atoms with Crippen LogP contribution in [0.3, 0.4) is 0 Å². The molecule has 0 bridgehead atoms. The fraction of sp³-hybridized carbons (Fsp3) is 0.300. The molecule has 2 rings (SSSR count). The Morgan fingerprint density at radius 2 is 2.20 bits per heavy atom. The van der Waals surface area contributed by atoms with E-state index in [4.69, 9.17) is 0 Å². The van der Waals surface area contributed by atoms with Gasteiger partial charge < -0.3 is 4.90 Å². The summed E-state index contributed by atoms with van der Waals surface area (Å²) in [7, 11) is 1.89. The average molecular weight is 205 g/mol. The van der Waals surface area contributed by atoms with Gasteiger partial charge in [0.2, 0.25) is 0 Å². The minimum Gasteiger partial charge on any atom is -0.357 e. The number of aliphatic imine (C=N–C) groups is 1. The van der Waals surface area contributed by atoms with E-state index in [1.165, 1.54) is 6.07 Å². The van der Waals surface area contributed by atoms with Crippen LogP contribution in [0.15, 0.2) is 29.3 Å². The molecule has 0 saturated heterocycles. The van der Waals surface area contributed by atoms with E-state index in [1.54, 1.807) is 18.2 Å². The van der Waals surface area contributed by atoms with Crippen LogP contribution >= 0.6 is 0 Å². The van der Waals surface area contributed by atoms with Crippen LogP contribution in [0.2, 0.25) is 0 Å². The summed E-state index contributed by atoms with van der Waals surface area (Å²) in [5.41, 5.74) is 0.715. The maximum atomic E-state index is 10.8. The molecule has 1 aliphatic heterocycles. The van der Waals surface area contributed by atoms with Crippen LogP contribution in [0.5, 0.6) is 0 Å². The number of nitrogens with zero attached hydrogens (tertiary/aromatic N) is 3. The number of hydrogen-bond acceptors (Lipinski definition) is 4. The summed E-state index contributed by atoms with van der Waals surface area (Å²) in [5, 5.41) is 10.8. The Morgan fingerprint density at radius 3 is 2.80 bits per heavy atom. The summed E-state index contributed by atoms with van der Waals surface area (Å²) < 4.78 is 0. The lowest BCUT2D eigenvalue weighted by molar-refractivity contribution is -0.385. The standard InChI is InChI=1S/C10H11N3O2/c1-12-7-6-11-10(12)8-4-2-3-5-9(8)13(14)15/h2-5H,6-7H2,1H3. The smallest absolute Gasteiger partial charge is 0.280 e. The Hall–Kier alpha value is -1.91. The molecule has 5 nitrogen and oxygen atoms in total. The molecule has 0 fully saturated rings. The van der Waals surface area contributed by atoms with Crippen molar-refractivity contribution in [2.45, 2.75) is 0 Å². The molecule has 0 atom stereocenters. The predicted molar refractivity (Wildman–Crippen MR) is 57.1 cm³/mol. The van der Waals surface area contributed by atoms with E-state index < -0.39 is 0 Å². The summed E-state index contributed by atoms with van der Waals surface area (Å²) in [6.45, 7) is 1.53. The van der Waals surface area contributed by atoms with Gasteiger partial charge in [-0.15, -0.1) is 0 Å². The number of nitro groups is 1. The van der Waals surface area contributed by atoms with Gasteiger partial charge in [0.25, 0.3) is 5.69 Å². The first-order valence-electron chi connectivity index (χ1n) is 4.69. The number of likely N-dealkylation sites (N-methyl/N-ethyl adjacent to an activating group) is 1. The zero-order valence-corrected chi connectivity index (χ0v) is 8.38. The van der Waals surface area contributed by atoms with Crippen molar-refractivity contribution in [2.75, 3.05) is 20.1 Å². The molecule has 5 heteroatoms. The van der Waals surface area contributed by atoms with Gasteiger partial charge in [0.15, 0.2) is 0 Å². The Labute approximate surface area is 87.2 Å². The molecule has 0 spiro atoms. The summed E-state index contributed by atoms with van der Waals surface area (Å²) in [5.74, 6) is 0.710. The van der Waals surface area contributed by atoms with Crippen molar-refractivity contribution in [1.82, 2.24) is 4.90 Å². The van der Waals surface area contributed by atoms with Crippen molar-refractivity contribution in [1.29, 1.82) is 0 Å². The van der Waals surface area contributed by atoms with Crippen molar-refractivity contribution in [3.05, 3.63) is 39.9 Å². The van der Waals surface area contributed by atoms with Gasteiger partial charge in [0.05, 0.1) is 17.0 Å². The highest BCUT2D eigenvalue weighted by atomic mass is 16.6. The highest BCUT2D eigenvalue weighted by Crippen LogP contribution is 2.21. The van der Waals surface area contributed by atoms with Crippen molar-refractivity contribution >= 4 is 11.5 Å². The van der Waals surface area contributed by atoms with Gasteiger partial charge in [-0.05, 0) is 6.07 Å². The third-order valence-corrected chi connectivity index (χ3v) is 2.40. The van der Waals surface area contributed by atoms with Gasteiger partial charge in [-0.1, -0.05) is 12.1 Å². The number of hydrogen-bond donors (Lipinski definition) is 0. The fourth-order valence-corrected chi connectivity index (χ4v) is 1.65. The lowest BCUT2D eigenvalue weighted by atomic mass is 10.1. The van der Waals surface area contributed by atoms with Crippen molar-refractivity contribution < 1.29 is 4.92 Å². The van der Waals surface area contributed by atoms with Crippen LogP contribution < -0.4 is 0 Å². The van der Waals surface area contributed by atoms with E-state index in [-0.39, 0.29) is 10.6 Å². The SMILES string of the molecule is CN1CCN=C1c1ccccc1[N+](=O)[O-]. The lowest BCUT2D eigenvalue weighted by Crippen LogP contribution is -2.24. The molecule has 1 aromatic carbocycles. The third kappa shape index (κ3) is 1.68. The van der Waals surface area contributed by atoms with Crippen molar-refractivity contribution in [2.24, 2.45) is 4.99 Å². The molecule has 0 saturated carbocycles. The summed E-state index contributed by atoms with van der Waals surface area (Å²) in [4.78, 5) is 16.6. The van der Waals surface area contributed by atoms with Crippen LogP contribution in [-0.4, -0.2) is 35.8 Å². The topological polar surface area (TPSA) is 58.7 Å². The molecule has 0 unspecified atom stereocenters. The zero-order valence-electron chi connectivity index (χ0n) is 8.38. The largest absolute Gasteiger partial charge is 0.357 e. The Morgan fingerprint density at radius 1 is 1.47 bits per heavy atom. The van der Waals surface area contributed by atoms with E-state index in [0.29, 0.717) is 17.9 Å². The van der Waals surface area contributed by atoms with Gasteiger partial charge in [-0.2, -0.15) is 0 Å². The van der Waals surface area contributed by atoms with Crippen LogP contribution in [0.4, 0.5) is 5.69 Å². The first-order valence-corrected chi connectivity index (χ1v) is 4.69. The molecule has 0 radical (unpaired) electrons. The first kappa shape index (κ1) is 9.64. The van der Waals surface area contributed by atoms with E-state index in [1.807, 2.05) is 11.9 Å². The molecule has 1 aliphatic rings. The van der Waals surface area contributed by atoms with E-state index in [0.717, 1.165) is 6.54 Å². The third-order valence-electron chi connectivity index (χ3n) is 2.40. The zero-order chi connectivity index (χ0) is 10.8. The fourth-order valence-electron chi connectivity index (χ4n) is 1.65. The Kier molecular flexibility index (Phi) is 2.37. The van der Waals surface area contributed by atoms with E-state index in [2.05, 4.69) is 4.99 Å². The highest BCUT2D eigenvalue weighted by molar-refractivity contribution is 6.02. The molecule has 0 aromatic heterocycles. The normalized spacial score (nSPS) is 15.3. The maximum absolute atomic E-state index is 10.8. The number of amidine groups is 1. The molecule has 0 amide bonds. The Balaban J connectivity index is 2.48. The molecule has 15 heavy (non-hydrogen) atoms. The molecular weight excluding hydrogens is 194 g/mol. The highest BCUT2D eigenvalue weighted by Gasteiger charge is 2.22. The van der Waals surface area contributed by atoms with Gasteiger partial charge in [0.1, 0.15) is 5.84 Å². The van der Waals surface area contributed by atoms with Crippen molar-refractivity contribution in [3.63, 3.8) is 0 Å². The van der Waals surface area contributed by atoms with Crippen LogP contribution in [0, 0.1) is 10.1 Å². The Bertz CT molecular complexity index is 428.